The summed E-state index contributed by atoms with van der Waals surface area (Å²) in [5.74, 6) is 0.509. The normalized spacial score (nSPS) is 14.0. The average Bonchev–Trinajstić information content (AvgIpc) is 2.89. The molecule has 1 aliphatic heterocycles. The van der Waals surface area contributed by atoms with Gasteiger partial charge in [-0.2, -0.15) is 0 Å². The number of sulfonamides is 1. The molecule has 0 unspecified atom stereocenters. The number of carbonyl (C=O) groups is 1. The van der Waals surface area contributed by atoms with Crippen molar-refractivity contribution in [1.82, 2.24) is 5.32 Å². The molecular weight excluding hydrogens is 314 g/mol. The van der Waals surface area contributed by atoms with Crippen molar-refractivity contribution in [3.8, 4) is 0 Å². The van der Waals surface area contributed by atoms with Crippen molar-refractivity contribution >= 4 is 27.4 Å². The number of rotatable bonds is 6. The number of benzene rings is 1. The van der Waals surface area contributed by atoms with E-state index < -0.39 is 10.0 Å². The van der Waals surface area contributed by atoms with Gasteiger partial charge in [0.1, 0.15) is 0 Å². The first-order chi connectivity index (χ1) is 10.8. The first-order valence-corrected chi connectivity index (χ1v) is 9.62. The summed E-state index contributed by atoms with van der Waals surface area (Å²) in [7, 11) is -3.29. The first-order valence-electron chi connectivity index (χ1n) is 8.01. The van der Waals surface area contributed by atoms with Crippen molar-refractivity contribution in [3.05, 3.63) is 23.8 Å². The molecular formula is C16H25N3O3S. The van der Waals surface area contributed by atoms with Crippen LogP contribution in [0.25, 0.3) is 0 Å². The Labute approximate surface area is 138 Å². The highest BCUT2D eigenvalue weighted by Gasteiger charge is 2.28. The zero-order valence-electron chi connectivity index (χ0n) is 13.9. The van der Waals surface area contributed by atoms with Gasteiger partial charge in [0, 0.05) is 18.8 Å². The van der Waals surface area contributed by atoms with Gasteiger partial charge in [0.05, 0.1) is 11.4 Å². The maximum Gasteiger partial charge on any atom is 0.319 e. The molecule has 0 fully saturated rings. The van der Waals surface area contributed by atoms with Crippen LogP contribution in [0.15, 0.2) is 18.2 Å². The topological polar surface area (TPSA) is 78.5 Å². The SMILES string of the molecule is CCCS(=O)(=O)N1CCc2ccc(NC(=O)NCC(C)C)cc21. The van der Waals surface area contributed by atoms with Gasteiger partial charge in [-0.05, 0) is 36.5 Å². The largest absolute Gasteiger partial charge is 0.338 e. The van der Waals surface area contributed by atoms with E-state index >= 15 is 0 Å². The zero-order valence-corrected chi connectivity index (χ0v) is 14.7. The summed E-state index contributed by atoms with van der Waals surface area (Å²) in [5, 5.41) is 5.54. The highest BCUT2D eigenvalue weighted by molar-refractivity contribution is 7.92. The van der Waals surface area contributed by atoms with E-state index in [0.717, 1.165) is 5.56 Å². The molecule has 2 N–H and O–H groups in total. The number of hydrogen-bond donors (Lipinski definition) is 2. The lowest BCUT2D eigenvalue weighted by molar-refractivity contribution is 0.251. The Hall–Kier alpha value is -1.76. The Morgan fingerprint density at radius 1 is 1.35 bits per heavy atom. The molecule has 0 aromatic heterocycles. The third-order valence-electron chi connectivity index (χ3n) is 3.66. The van der Waals surface area contributed by atoms with Gasteiger partial charge in [-0.15, -0.1) is 0 Å². The summed E-state index contributed by atoms with van der Waals surface area (Å²) in [6.45, 7) is 6.96. The quantitative estimate of drug-likeness (QED) is 0.836. The van der Waals surface area contributed by atoms with Gasteiger partial charge >= 0.3 is 6.03 Å². The molecule has 128 valence electrons. The third kappa shape index (κ3) is 4.37. The van der Waals surface area contributed by atoms with Crippen LogP contribution in [0.1, 0.15) is 32.8 Å². The molecule has 0 saturated carbocycles. The fourth-order valence-electron chi connectivity index (χ4n) is 2.56. The number of amides is 2. The number of carbonyl (C=O) groups excluding carboxylic acids is 1. The lowest BCUT2D eigenvalue weighted by Crippen LogP contribution is -2.32. The molecule has 1 aliphatic rings. The number of fused-ring (bicyclic) bond motifs is 1. The Morgan fingerprint density at radius 3 is 2.74 bits per heavy atom. The van der Waals surface area contributed by atoms with Crippen molar-refractivity contribution in [3.63, 3.8) is 0 Å². The van der Waals surface area contributed by atoms with Crippen LogP contribution in [0.2, 0.25) is 0 Å². The summed E-state index contributed by atoms with van der Waals surface area (Å²) in [6, 6.07) is 5.16. The van der Waals surface area contributed by atoms with Crippen LogP contribution in [0, 0.1) is 5.92 Å². The van der Waals surface area contributed by atoms with Crippen LogP contribution < -0.4 is 14.9 Å². The number of nitrogens with zero attached hydrogens (tertiary/aromatic N) is 1. The number of anilines is 2. The molecule has 0 bridgehead atoms. The van der Waals surface area contributed by atoms with Gasteiger partial charge in [-0.3, -0.25) is 4.31 Å². The summed E-state index contributed by atoms with van der Waals surface area (Å²) >= 11 is 0. The van der Waals surface area contributed by atoms with Crippen LogP contribution >= 0.6 is 0 Å². The first kappa shape index (κ1) is 17.6. The Balaban J connectivity index is 2.14. The summed E-state index contributed by atoms with van der Waals surface area (Å²) in [6.07, 6.45) is 1.29. The van der Waals surface area contributed by atoms with Crippen molar-refractivity contribution in [2.45, 2.75) is 33.6 Å². The van der Waals surface area contributed by atoms with Crippen molar-refractivity contribution in [2.75, 3.05) is 28.5 Å². The molecule has 2 amide bonds. The van der Waals surface area contributed by atoms with Gasteiger partial charge in [0.25, 0.3) is 0 Å². The Morgan fingerprint density at radius 2 is 2.09 bits per heavy atom. The van der Waals surface area contributed by atoms with Gasteiger partial charge in [0.2, 0.25) is 10.0 Å². The predicted molar refractivity (Wildman–Crippen MR) is 93.4 cm³/mol. The summed E-state index contributed by atoms with van der Waals surface area (Å²) in [4.78, 5) is 11.8. The third-order valence-corrected chi connectivity index (χ3v) is 5.64. The zero-order chi connectivity index (χ0) is 17.0. The minimum absolute atomic E-state index is 0.138. The van der Waals surface area contributed by atoms with E-state index in [1.807, 2.05) is 32.9 Å². The molecule has 6 nitrogen and oxygen atoms in total. The van der Waals surface area contributed by atoms with E-state index in [1.54, 1.807) is 6.07 Å². The van der Waals surface area contributed by atoms with Crippen molar-refractivity contribution in [1.29, 1.82) is 0 Å². The van der Waals surface area contributed by atoms with Gasteiger partial charge in [-0.25, -0.2) is 13.2 Å². The number of hydrogen-bond acceptors (Lipinski definition) is 3. The fraction of sp³-hybridized carbons (Fsp3) is 0.562. The number of nitrogens with one attached hydrogen (secondary N) is 2. The summed E-state index contributed by atoms with van der Waals surface area (Å²) < 4.78 is 26.1. The smallest absolute Gasteiger partial charge is 0.319 e. The highest BCUT2D eigenvalue weighted by Crippen LogP contribution is 2.33. The van der Waals surface area contributed by atoms with Crippen LogP contribution in [0.3, 0.4) is 0 Å². The van der Waals surface area contributed by atoms with E-state index in [4.69, 9.17) is 0 Å². The minimum atomic E-state index is -3.29. The molecule has 0 atom stereocenters. The van der Waals surface area contributed by atoms with Crippen LogP contribution in [0.4, 0.5) is 16.2 Å². The summed E-state index contributed by atoms with van der Waals surface area (Å²) in [5.41, 5.74) is 2.28. The molecule has 0 aliphatic carbocycles. The maximum atomic E-state index is 12.3. The molecule has 2 rings (SSSR count). The maximum absolute atomic E-state index is 12.3. The van der Waals surface area contributed by atoms with Crippen LogP contribution in [-0.2, 0) is 16.4 Å². The van der Waals surface area contributed by atoms with Crippen molar-refractivity contribution < 1.29 is 13.2 Å². The van der Waals surface area contributed by atoms with Gasteiger partial charge in [-0.1, -0.05) is 26.8 Å². The van der Waals surface area contributed by atoms with Gasteiger partial charge < -0.3 is 10.6 Å². The molecule has 7 heteroatoms. The minimum Gasteiger partial charge on any atom is -0.338 e. The second-order valence-corrected chi connectivity index (χ2v) is 8.22. The van der Waals surface area contributed by atoms with Crippen LogP contribution in [-0.4, -0.2) is 33.3 Å². The lowest BCUT2D eigenvalue weighted by Gasteiger charge is -2.20. The standard InChI is InChI=1S/C16H25N3O3S/c1-4-9-23(21,22)19-8-7-13-5-6-14(10-15(13)19)18-16(20)17-11-12(2)3/h5-6,10,12H,4,7-9,11H2,1-3H3,(H2,17,18,20). The van der Waals surface area contributed by atoms with E-state index in [2.05, 4.69) is 10.6 Å². The Bertz CT molecular complexity index is 671. The molecule has 0 spiro atoms. The molecule has 1 heterocycles. The molecule has 0 radical (unpaired) electrons. The second-order valence-electron chi connectivity index (χ2n) is 6.21. The lowest BCUT2D eigenvalue weighted by atomic mass is 10.1. The highest BCUT2D eigenvalue weighted by atomic mass is 32.2. The average molecular weight is 339 g/mol. The Kier molecular flexibility index (Phi) is 5.51. The predicted octanol–water partition coefficient (Wildman–Crippen LogP) is 2.57. The van der Waals surface area contributed by atoms with E-state index in [-0.39, 0.29) is 11.8 Å². The van der Waals surface area contributed by atoms with E-state index in [9.17, 15) is 13.2 Å². The monoisotopic (exact) mass is 339 g/mol. The van der Waals surface area contributed by atoms with E-state index in [0.29, 0.717) is 43.2 Å². The second kappa shape index (κ2) is 7.21. The number of urea groups is 1. The van der Waals surface area contributed by atoms with Gasteiger partial charge in [0.15, 0.2) is 0 Å². The molecule has 23 heavy (non-hydrogen) atoms. The molecule has 1 aromatic carbocycles. The molecule has 1 aromatic rings. The molecule has 0 saturated heterocycles. The fourth-order valence-corrected chi connectivity index (χ4v) is 4.13. The van der Waals surface area contributed by atoms with Crippen molar-refractivity contribution in [2.24, 2.45) is 5.92 Å². The van der Waals surface area contributed by atoms with E-state index in [1.165, 1.54) is 4.31 Å². The van der Waals surface area contributed by atoms with Crippen LogP contribution in [0.5, 0.6) is 0 Å².